The maximum Gasteiger partial charge on any atom is 0.242 e. The van der Waals surface area contributed by atoms with Crippen LogP contribution in [0, 0.1) is 36.0 Å². The van der Waals surface area contributed by atoms with Crippen molar-refractivity contribution in [1.29, 1.82) is 0 Å². The quantitative estimate of drug-likeness (QED) is 0.0808. The van der Waals surface area contributed by atoms with Gasteiger partial charge in [0.2, 0.25) is 23.6 Å². The minimum atomic E-state index is -1.41. The first kappa shape index (κ1) is 45.0. The lowest BCUT2D eigenvalue weighted by Crippen LogP contribution is -2.49. The molecule has 5 aromatic carbocycles. The van der Waals surface area contributed by atoms with Crippen molar-refractivity contribution in [3.8, 4) is 22.1 Å². The summed E-state index contributed by atoms with van der Waals surface area (Å²) in [6.07, 6.45) is 2.35. The predicted molar refractivity (Wildman–Crippen MR) is 271 cm³/mol. The minimum Gasteiger partial charge on any atom is -0.508 e. The van der Waals surface area contributed by atoms with Crippen LogP contribution in [0.4, 0.5) is 28.6 Å². The van der Waals surface area contributed by atoms with Gasteiger partial charge in [0.1, 0.15) is 29.6 Å². The van der Waals surface area contributed by atoms with Gasteiger partial charge in [-0.15, -0.1) is 11.3 Å². The maximum atomic E-state index is 15.5. The Morgan fingerprint density at radius 1 is 0.843 bits per heavy atom. The predicted octanol–water partition coefficient (Wildman–Crippen LogP) is 11.5. The number of halogens is 1. The molecule has 4 heterocycles. The number of phenolic OH excluding ortho intramolecular Hbond substituents is 1. The Balaban J connectivity index is 0.941. The molecule has 0 bridgehead atoms. The smallest absolute Gasteiger partial charge is 0.242 e. The van der Waals surface area contributed by atoms with E-state index in [4.69, 9.17) is 21.4 Å². The van der Waals surface area contributed by atoms with E-state index >= 15 is 9.59 Å². The Bertz CT molecular complexity index is 3350. The lowest BCUT2D eigenvalue weighted by Gasteiger charge is -2.49. The van der Waals surface area contributed by atoms with Crippen LogP contribution in [0.1, 0.15) is 42.4 Å². The van der Waals surface area contributed by atoms with Crippen LogP contribution >= 0.6 is 22.9 Å². The number of anilines is 3. The van der Waals surface area contributed by atoms with Gasteiger partial charge in [-0.05, 0) is 122 Å². The Morgan fingerprint density at radius 3 is 2.26 bits per heavy atom. The van der Waals surface area contributed by atoms with Gasteiger partial charge in [0.25, 0.3) is 0 Å². The highest BCUT2D eigenvalue weighted by Crippen LogP contribution is 2.65. The van der Waals surface area contributed by atoms with Crippen molar-refractivity contribution >= 4 is 85.2 Å². The molecule has 0 radical (unpaired) electrons. The van der Waals surface area contributed by atoms with Gasteiger partial charge < -0.3 is 14.7 Å². The summed E-state index contributed by atoms with van der Waals surface area (Å²) in [5, 5.41) is 27.2. The van der Waals surface area contributed by atoms with E-state index in [1.165, 1.54) is 15.9 Å². The van der Waals surface area contributed by atoms with Crippen molar-refractivity contribution < 1.29 is 29.0 Å². The summed E-state index contributed by atoms with van der Waals surface area (Å²) in [6.45, 7) is 4.07. The summed E-state index contributed by atoms with van der Waals surface area (Å²) in [5.41, 5.74) is 4.98. The fourth-order valence-electron chi connectivity index (χ4n) is 11.2. The van der Waals surface area contributed by atoms with Crippen molar-refractivity contribution in [3.05, 3.63) is 155 Å². The molecule has 0 unspecified atom stereocenters. The number of benzene rings is 5. The average Bonchev–Trinajstić information content (AvgIpc) is 4.03. The highest BCUT2D eigenvalue weighted by Gasteiger charge is 2.68. The standard InChI is InChI=1S/C55H48ClN7O6S/c1-30-41-25-32(56)11-24-46(41)70-50(30)44-28-47(61(5)59-44)63-52(66)43-27-42-38(49(55(43,2)54(63)68)39-21-20-37(26-45(39)64)69-29-31-9-7-6-8-10-31)22-23-40-48(42)53(67)62(51(40)65)36-18-14-34(15-19-36)58-57-33-12-16-35(17-13-33)60(3)4/h6-22,24-26,28,40,42-43,48-49,64H,23,27,29H2,1-5H3/t40-,42+,43-,48-,49+,55+/m0/s1. The SMILES string of the molecule is Cc1c(-c2cc(N3C(=O)[C@@H]4C[C@@H]5C(=CC[C@@H]6C(=O)N(c7ccc(N=Nc8ccc(N(C)C)cc8)cc7)C(=O)[C@@H]65)[C@H](c5ccc(OCc6ccccc6)cc5O)[C@]4(C)C3=O)n(C)n2)sc2ccc(Cl)cc12. The summed E-state index contributed by atoms with van der Waals surface area (Å²) in [7, 11) is 5.64. The molecule has 1 saturated carbocycles. The molecule has 4 amide bonds. The zero-order chi connectivity index (χ0) is 48.7. The van der Waals surface area contributed by atoms with E-state index in [1.807, 2.05) is 105 Å². The molecule has 13 nitrogen and oxygen atoms in total. The first-order valence-corrected chi connectivity index (χ1v) is 24.4. The van der Waals surface area contributed by atoms with Crippen LogP contribution in [0.3, 0.4) is 0 Å². The highest BCUT2D eigenvalue weighted by atomic mass is 35.5. The lowest BCUT2D eigenvalue weighted by atomic mass is 9.51. The number of aromatic hydroxyl groups is 1. The van der Waals surface area contributed by atoms with Crippen LogP contribution in [0.5, 0.6) is 11.5 Å². The number of imide groups is 2. The van der Waals surface area contributed by atoms with E-state index in [2.05, 4.69) is 10.2 Å². The van der Waals surface area contributed by atoms with Gasteiger partial charge in [-0.3, -0.25) is 28.8 Å². The van der Waals surface area contributed by atoms with Gasteiger partial charge in [-0.2, -0.15) is 15.3 Å². The third kappa shape index (κ3) is 7.30. The number of hydrogen-bond acceptors (Lipinski definition) is 11. The number of aryl methyl sites for hydroxylation is 2. The second-order valence-electron chi connectivity index (χ2n) is 19.0. The minimum absolute atomic E-state index is 0.112. The Hall–Kier alpha value is -7.42. The summed E-state index contributed by atoms with van der Waals surface area (Å²) < 4.78 is 8.69. The van der Waals surface area contributed by atoms with Crippen LogP contribution in [0.2, 0.25) is 5.02 Å². The summed E-state index contributed by atoms with van der Waals surface area (Å²) in [5.74, 6) is -4.83. The molecular weight excluding hydrogens is 922 g/mol. The number of rotatable bonds is 10. The molecule has 11 rings (SSSR count). The van der Waals surface area contributed by atoms with Crippen molar-refractivity contribution in [2.24, 2.45) is 46.4 Å². The molecule has 15 heteroatoms. The normalized spacial score (nSPS) is 23.0. The highest BCUT2D eigenvalue weighted by molar-refractivity contribution is 7.22. The molecule has 4 aliphatic rings. The van der Waals surface area contributed by atoms with Gasteiger partial charge in [0, 0.05) is 60.2 Å². The first-order valence-electron chi connectivity index (χ1n) is 23.2. The van der Waals surface area contributed by atoms with E-state index in [0.717, 1.165) is 37.4 Å². The van der Waals surface area contributed by atoms with E-state index in [-0.39, 0.29) is 37.0 Å². The maximum absolute atomic E-state index is 15.5. The third-order valence-electron chi connectivity index (χ3n) is 14.8. The number of hydrogen-bond donors (Lipinski definition) is 1. The fraction of sp³-hybridized carbons (Fsp3) is 0.255. The number of carbonyl (C=O) groups is 4. The molecule has 3 fully saturated rings. The van der Waals surface area contributed by atoms with Crippen LogP contribution in [-0.4, -0.2) is 52.6 Å². The number of nitrogens with zero attached hydrogens (tertiary/aromatic N) is 7. The molecule has 1 N–H and O–H groups in total. The molecule has 70 heavy (non-hydrogen) atoms. The zero-order valence-electron chi connectivity index (χ0n) is 39.0. The van der Waals surface area contributed by atoms with Crippen LogP contribution in [0.15, 0.2) is 143 Å². The molecule has 352 valence electrons. The number of aromatic nitrogens is 2. The Labute approximate surface area is 413 Å². The van der Waals surface area contributed by atoms with Crippen molar-refractivity contribution in [2.45, 2.75) is 39.2 Å². The molecule has 7 aromatic rings. The fourth-order valence-corrected chi connectivity index (χ4v) is 12.6. The number of carbonyl (C=O) groups excluding carboxylic acids is 4. The number of amides is 4. The van der Waals surface area contributed by atoms with Gasteiger partial charge in [-0.25, -0.2) is 4.90 Å². The number of thiophene rings is 1. The van der Waals surface area contributed by atoms with Crippen LogP contribution in [-0.2, 0) is 32.8 Å². The molecule has 0 spiro atoms. The van der Waals surface area contributed by atoms with Gasteiger partial charge in [0.15, 0.2) is 0 Å². The van der Waals surface area contributed by atoms with E-state index < -0.39 is 46.8 Å². The van der Waals surface area contributed by atoms with E-state index in [9.17, 15) is 14.7 Å². The monoisotopic (exact) mass is 969 g/mol. The van der Waals surface area contributed by atoms with Gasteiger partial charge in [0.05, 0.1) is 45.1 Å². The summed E-state index contributed by atoms with van der Waals surface area (Å²) in [6, 6.07) is 36.7. The third-order valence-corrected chi connectivity index (χ3v) is 16.3. The van der Waals surface area contributed by atoms with Crippen LogP contribution < -0.4 is 19.4 Å². The lowest BCUT2D eigenvalue weighted by molar-refractivity contribution is -0.131. The molecule has 2 saturated heterocycles. The number of fused-ring (bicyclic) bond motifs is 5. The summed E-state index contributed by atoms with van der Waals surface area (Å²) >= 11 is 7.93. The van der Waals surface area contributed by atoms with Crippen LogP contribution in [0.25, 0.3) is 20.7 Å². The van der Waals surface area contributed by atoms with Crippen molar-refractivity contribution in [3.63, 3.8) is 0 Å². The van der Waals surface area contributed by atoms with Crippen molar-refractivity contribution in [2.75, 3.05) is 28.8 Å². The summed E-state index contributed by atoms with van der Waals surface area (Å²) in [4.78, 5) is 65.4. The molecular formula is C55H48ClN7O6S. The van der Waals surface area contributed by atoms with E-state index in [0.29, 0.717) is 44.9 Å². The molecule has 2 aromatic heterocycles. The largest absolute Gasteiger partial charge is 0.508 e. The van der Waals surface area contributed by atoms with Crippen molar-refractivity contribution in [1.82, 2.24) is 9.78 Å². The number of azo groups is 1. The topological polar surface area (TPSA) is 150 Å². The second kappa shape index (κ2) is 17.2. The van der Waals surface area contributed by atoms with Gasteiger partial charge >= 0.3 is 0 Å². The van der Waals surface area contributed by atoms with E-state index in [1.54, 1.807) is 72.5 Å². The first-order chi connectivity index (χ1) is 33.7. The zero-order valence-corrected chi connectivity index (χ0v) is 40.6. The van der Waals surface area contributed by atoms with Gasteiger partial charge in [-0.1, -0.05) is 59.6 Å². The number of phenols is 1. The molecule has 2 aliphatic heterocycles. The Kier molecular flexibility index (Phi) is 11.1. The average molecular weight is 971 g/mol. The molecule has 6 atom stereocenters. The Morgan fingerprint density at radius 2 is 1.56 bits per heavy atom. The molecule has 2 aliphatic carbocycles. The number of ether oxygens (including phenoxy) is 1. The number of allylic oxidation sites excluding steroid dienone is 2. The second-order valence-corrected chi connectivity index (χ2v) is 20.5.